The number of hydrogen-bond donors (Lipinski definition) is 0. The highest BCUT2D eigenvalue weighted by Crippen LogP contribution is 2.62. The van der Waals surface area contributed by atoms with E-state index in [0.717, 1.165) is 42.6 Å². The van der Waals surface area contributed by atoms with Crippen LogP contribution in [0.1, 0.15) is 46.1 Å². The molecular weight excluding hydrogens is 270 g/mol. The van der Waals surface area contributed by atoms with E-state index in [4.69, 9.17) is 4.74 Å². The van der Waals surface area contributed by atoms with Gasteiger partial charge in [-0.25, -0.2) is 0 Å². The first-order valence-electron chi connectivity index (χ1n) is 8.84. The van der Waals surface area contributed by atoms with Crippen molar-refractivity contribution in [1.82, 2.24) is 4.90 Å². The monoisotopic (exact) mass is 301 g/mol. The lowest BCUT2D eigenvalue weighted by Gasteiger charge is -2.63. The van der Waals surface area contributed by atoms with Gasteiger partial charge in [0.1, 0.15) is 5.75 Å². The molecule has 0 aliphatic heterocycles. The maximum Gasteiger partial charge on any atom is 0.118 e. The minimum absolute atomic E-state index is 0.579. The molecule has 0 amide bonds. The van der Waals surface area contributed by atoms with Crippen LogP contribution in [-0.2, 0) is 6.54 Å². The molecule has 22 heavy (non-hydrogen) atoms. The predicted octanol–water partition coefficient (Wildman–Crippen LogP) is 4.59. The molecule has 2 bridgehead atoms. The maximum atomic E-state index is 5.26. The van der Waals surface area contributed by atoms with E-state index in [1.54, 1.807) is 7.11 Å². The SMILES string of the molecule is CCN(Cc1ccc(OC)cc1)C1C[C@@H]2CC([C@H]1C)C2(C)C. The molecule has 1 aromatic carbocycles. The molecule has 122 valence electrons. The largest absolute Gasteiger partial charge is 0.497 e. The molecule has 3 aliphatic rings. The quantitative estimate of drug-likeness (QED) is 0.789. The number of rotatable bonds is 5. The Hall–Kier alpha value is -1.02. The van der Waals surface area contributed by atoms with Crippen molar-refractivity contribution < 1.29 is 4.74 Å². The molecule has 4 rings (SSSR count). The lowest BCUT2D eigenvalue weighted by Crippen LogP contribution is -2.60. The Bertz CT molecular complexity index is 507. The summed E-state index contributed by atoms with van der Waals surface area (Å²) in [6.45, 7) is 12.0. The van der Waals surface area contributed by atoms with Crippen molar-refractivity contribution in [2.24, 2.45) is 23.2 Å². The number of hydrogen-bond acceptors (Lipinski definition) is 2. The smallest absolute Gasteiger partial charge is 0.118 e. The Morgan fingerprint density at radius 2 is 1.86 bits per heavy atom. The van der Waals surface area contributed by atoms with Crippen molar-refractivity contribution in [1.29, 1.82) is 0 Å². The Morgan fingerprint density at radius 1 is 1.18 bits per heavy atom. The summed E-state index contributed by atoms with van der Waals surface area (Å²) in [4.78, 5) is 2.70. The highest BCUT2D eigenvalue weighted by molar-refractivity contribution is 5.27. The lowest BCUT2D eigenvalue weighted by atomic mass is 9.44. The van der Waals surface area contributed by atoms with Gasteiger partial charge in [0.2, 0.25) is 0 Å². The van der Waals surface area contributed by atoms with Gasteiger partial charge in [0.05, 0.1) is 7.11 Å². The summed E-state index contributed by atoms with van der Waals surface area (Å²) in [5.41, 5.74) is 1.98. The van der Waals surface area contributed by atoms with Crippen LogP contribution in [0.4, 0.5) is 0 Å². The molecule has 4 atom stereocenters. The Labute approximate surface area is 135 Å². The minimum atomic E-state index is 0.579. The summed E-state index contributed by atoms with van der Waals surface area (Å²) < 4.78 is 5.26. The van der Waals surface area contributed by atoms with Crippen LogP contribution in [0, 0.1) is 23.2 Å². The van der Waals surface area contributed by atoms with Gasteiger partial charge in [0, 0.05) is 12.6 Å². The normalized spacial score (nSPS) is 32.6. The number of ether oxygens (including phenoxy) is 1. The number of fused-ring (bicyclic) bond motifs is 2. The Morgan fingerprint density at radius 3 is 2.36 bits per heavy atom. The van der Waals surface area contributed by atoms with E-state index in [9.17, 15) is 0 Å². The highest BCUT2D eigenvalue weighted by Gasteiger charge is 2.56. The van der Waals surface area contributed by atoms with Crippen molar-refractivity contribution >= 4 is 0 Å². The first-order chi connectivity index (χ1) is 10.5. The molecule has 0 radical (unpaired) electrons. The molecule has 3 aliphatic carbocycles. The van der Waals surface area contributed by atoms with Gasteiger partial charge < -0.3 is 4.74 Å². The van der Waals surface area contributed by atoms with Crippen molar-refractivity contribution in [3.63, 3.8) is 0 Å². The van der Waals surface area contributed by atoms with Gasteiger partial charge in [-0.2, -0.15) is 0 Å². The maximum absolute atomic E-state index is 5.26. The summed E-state index contributed by atoms with van der Waals surface area (Å²) in [6.07, 6.45) is 2.85. The fraction of sp³-hybridized carbons (Fsp3) is 0.700. The van der Waals surface area contributed by atoms with Crippen molar-refractivity contribution in [2.45, 2.75) is 53.1 Å². The van der Waals surface area contributed by atoms with Gasteiger partial charge in [0.25, 0.3) is 0 Å². The summed E-state index contributed by atoms with van der Waals surface area (Å²) in [5, 5.41) is 0. The highest BCUT2D eigenvalue weighted by atomic mass is 16.5. The van der Waals surface area contributed by atoms with Gasteiger partial charge in [0.15, 0.2) is 0 Å². The van der Waals surface area contributed by atoms with E-state index in [0.29, 0.717) is 5.41 Å². The molecule has 3 fully saturated rings. The van der Waals surface area contributed by atoms with Crippen LogP contribution in [-0.4, -0.2) is 24.6 Å². The zero-order valence-electron chi connectivity index (χ0n) is 14.8. The van der Waals surface area contributed by atoms with E-state index in [1.807, 2.05) is 0 Å². The van der Waals surface area contributed by atoms with Crippen molar-refractivity contribution in [3.05, 3.63) is 29.8 Å². The fourth-order valence-electron chi connectivity index (χ4n) is 5.03. The topological polar surface area (TPSA) is 12.5 Å². The first kappa shape index (κ1) is 15.9. The van der Waals surface area contributed by atoms with Crippen molar-refractivity contribution in [3.8, 4) is 5.75 Å². The molecule has 0 saturated heterocycles. The third-order valence-electron chi connectivity index (χ3n) is 6.73. The molecule has 0 N–H and O–H groups in total. The van der Waals surface area contributed by atoms with E-state index in [-0.39, 0.29) is 0 Å². The van der Waals surface area contributed by atoms with Crippen LogP contribution in [0.2, 0.25) is 0 Å². The minimum Gasteiger partial charge on any atom is -0.497 e. The zero-order valence-corrected chi connectivity index (χ0v) is 14.8. The number of nitrogens with zero attached hydrogens (tertiary/aromatic N) is 1. The van der Waals surface area contributed by atoms with Crippen LogP contribution in [0.25, 0.3) is 0 Å². The van der Waals surface area contributed by atoms with Gasteiger partial charge in [-0.3, -0.25) is 4.90 Å². The molecule has 2 unspecified atom stereocenters. The third-order valence-corrected chi connectivity index (χ3v) is 6.73. The number of methoxy groups -OCH3 is 1. The van der Waals surface area contributed by atoms with Crippen LogP contribution in [0.15, 0.2) is 24.3 Å². The van der Waals surface area contributed by atoms with Gasteiger partial charge in [-0.1, -0.05) is 39.8 Å². The molecule has 2 nitrogen and oxygen atoms in total. The molecule has 0 heterocycles. The van der Waals surface area contributed by atoms with Gasteiger partial charge in [-0.15, -0.1) is 0 Å². The summed E-state index contributed by atoms with van der Waals surface area (Å²) in [7, 11) is 1.73. The van der Waals surface area contributed by atoms with Gasteiger partial charge >= 0.3 is 0 Å². The third kappa shape index (κ3) is 2.56. The standard InChI is InChI=1S/C20H31NO/c1-6-21(13-15-7-9-17(22-5)10-8-15)19-12-16-11-18(14(19)2)20(16,3)4/h7-10,14,16,18-19H,6,11-13H2,1-5H3/t14-,16+,18?,19?/m1/s1. The molecule has 0 spiro atoms. The summed E-state index contributed by atoms with van der Waals surface area (Å²) in [5.74, 6) is 3.61. The van der Waals surface area contributed by atoms with Crippen LogP contribution in [0.3, 0.4) is 0 Å². The molecule has 3 saturated carbocycles. The fourth-order valence-corrected chi connectivity index (χ4v) is 5.03. The second-order valence-corrected chi connectivity index (χ2v) is 7.93. The average Bonchev–Trinajstić information content (AvgIpc) is 2.53. The average molecular weight is 301 g/mol. The van der Waals surface area contributed by atoms with E-state index < -0.39 is 0 Å². The van der Waals surface area contributed by atoms with Crippen molar-refractivity contribution in [2.75, 3.05) is 13.7 Å². The summed E-state index contributed by atoms with van der Waals surface area (Å²) >= 11 is 0. The summed E-state index contributed by atoms with van der Waals surface area (Å²) in [6, 6.07) is 9.32. The van der Waals surface area contributed by atoms with Crippen LogP contribution in [0.5, 0.6) is 5.75 Å². The lowest BCUT2D eigenvalue weighted by molar-refractivity contribution is -0.139. The van der Waals surface area contributed by atoms with E-state index in [1.165, 1.54) is 18.4 Å². The Balaban J connectivity index is 1.69. The van der Waals surface area contributed by atoms with E-state index >= 15 is 0 Å². The second kappa shape index (κ2) is 5.88. The molecule has 2 heteroatoms. The Kier molecular flexibility index (Phi) is 4.24. The van der Waals surface area contributed by atoms with Crippen LogP contribution < -0.4 is 4.74 Å². The van der Waals surface area contributed by atoms with Crippen LogP contribution >= 0.6 is 0 Å². The molecule has 0 aromatic heterocycles. The van der Waals surface area contributed by atoms with Gasteiger partial charge in [-0.05, 0) is 60.3 Å². The first-order valence-corrected chi connectivity index (χ1v) is 8.84. The molecular formula is C20H31NO. The number of benzene rings is 1. The predicted molar refractivity (Wildman–Crippen MR) is 92.0 cm³/mol. The van der Waals surface area contributed by atoms with E-state index in [2.05, 4.69) is 56.9 Å². The second-order valence-electron chi connectivity index (χ2n) is 7.93. The zero-order chi connectivity index (χ0) is 15.9. The molecule has 1 aromatic rings.